The Labute approximate surface area is 110 Å². The Balaban J connectivity index is 2.44. The van der Waals surface area contributed by atoms with Crippen LogP contribution in [0.3, 0.4) is 0 Å². The number of aromatic nitrogens is 2. The SMILES string of the molecule is Cc1cc(F)cc(Nc2nnc(C)c(C)c2C#N)c1. The lowest BCUT2D eigenvalue weighted by Crippen LogP contribution is -2.04. The summed E-state index contributed by atoms with van der Waals surface area (Å²) in [6, 6.07) is 6.66. The van der Waals surface area contributed by atoms with Crippen molar-refractivity contribution in [3.63, 3.8) is 0 Å². The molecular formula is C14H13FN4. The van der Waals surface area contributed by atoms with Gasteiger partial charge in [-0.1, -0.05) is 0 Å². The maximum absolute atomic E-state index is 13.3. The number of halogens is 1. The van der Waals surface area contributed by atoms with E-state index in [1.54, 1.807) is 19.9 Å². The molecule has 4 nitrogen and oxygen atoms in total. The van der Waals surface area contributed by atoms with Crippen molar-refractivity contribution >= 4 is 11.5 Å². The zero-order chi connectivity index (χ0) is 14.0. The van der Waals surface area contributed by atoms with Crippen molar-refractivity contribution in [3.8, 4) is 6.07 Å². The summed E-state index contributed by atoms with van der Waals surface area (Å²) >= 11 is 0. The van der Waals surface area contributed by atoms with Crippen LogP contribution in [0.15, 0.2) is 18.2 Å². The van der Waals surface area contributed by atoms with E-state index in [1.807, 2.05) is 6.92 Å². The van der Waals surface area contributed by atoms with Crippen LogP contribution in [0.1, 0.15) is 22.4 Å². The number of rotatable bonds is 2. The van der Waals surface area contributed by atoms with Crippen molar-refractivity contribution in [2.24, 2.45) is 0 Å². The van der Waals surface area contributed by atoms with Gasteiger partial charge in [-0.05, 0) is 50.1 Å². The highest BCUT2D eigenvalue weighted by Gasteiger charge is 2.11. The minimum Gasteiger partial charge on any atom is -0.338 e. The molecule has 0 radical (unpaired) electrons. The lowest BCUT2D eigenvalue weighted by Gasteiger charge is -2.10. The van der Waals surface area contributed by atoms with Crippen LogP contribution in [0, 0.1) is 37.9 Å². The maximum atomic E-state index is 13.3. The molecule has 0 aliphatic rings. The highest BCUT2D eigenvalue weighted by Crippen LogP contribution is 2.22. The number of nitrogens with zero attached hydrogens (tertiary/aromatic N) is 3. The largest absolute Gasteiger partial charge is 0.338 e. The van der Waals surface area contributed by atoms with Crippen LogP contribution in [0.2, 0.25) is 0 Å². The molecule has 0 saturated heterocycles. The van der Waals surface area contributed by atoms with Gasteiger partial charge in [-0.2, -0.15) is 10.4 Å². The number of anilines is 2. The smallest absolute Gasteiger partial charge is 0.171 e. The molecule has 2 aromatic rings. The number of hydrogen-bond acceptors (Lipinski definition) is 4. The molecule has 5 heteroatoms. The number of hydrogen-bond donors (Lipinski definition) is 1. The fourth-order valence-corrected chi connectivity index (χ4v) is 1.78. The van der Waals surface area contributed by atoms with Gasteiger partial charge in [-0.25, -0.2) is 4.39 Å². The zero-order valence-electron chi connectivity index (χ0n) is 11.0. The molecule has 1 N–H and O–H groups in total. The third-order valence-corrected chi connectivity index (χ3v) is 2.87. The number of nitriles is 1. The molecule has 0 spiro atoms. The normalized spacial score (nSPS) is 10.1. The quantitative estimate of drug-likeness (QED) is 0.896. The molecule has 0 amide bonds. The molecule has 1 aromatic heterocycles. The van der Waals surface area contributed by atoms with Gasteiger partial charge in [0.05, 0.1) is 5.69 Å². The molecule has 19 heavy (non-hydrogen) atoms. The zero-order valence-corrected chi connectivity index (χ0v) is 11.0. The van der Waals surface area contributed by atoms with Crippen molar-refractivity contribution in [1.29, 1.82) is 5.26 Å². The lowest BCUT2D eigenvalue weighted by atomic mass is 10.1. The van der Waals surface area contributed by atoms with Crippen molar-refractivity contribution in [2.45, 2.75) is 20.8 Å². The standard InChI is InChI=1S/C14H13FN4/c1-8-4-11(15)6-12(5-8)17-14-13(7-16)9(2)10(3)18-19-14/h4-6H,1-3H3,(H,17,19). The predicted octanol–water partition coefficient (Wildman–Crippen LogP) is 3.16. The van der Waals surface area contributed by atoms with E-state index in [0.717, 1.165) is 11.1 Å². The molecule has 2 rings (SSSR count). The molecule has 0 atom stereocenters. The van der Waals surface area contributed by atoms with Gasteiger partial charge in [0.25, 0.3) is 0 Å². The fraction of sp³-hybridized carbons (Fsp3) is 0.214. The molecule has 1 heterocycles. The van der Waals surface area contributed by atoms with E-state index < -0.39 is 0 Å². The molecule has 0 fully saturated rings. The molecule has 0 saturated carbocycles. The molecular weight excluding hydrogens is 243 g/mol. The van der Waals surface area contributed by atoms with Crippen molar-refractivity contribution in [3.05, 3.63) is 46.4 Å². The second kappa shape index (κ2) is 5.02. The summed E-state index contributed by atoms with van der Waals surface area (Å²) in [5.74, 6) is 0.00778. The van der Waals surface area contributed by atoms with E-state index >= 15 is 0 Å². The predicted molar refractivity (Wildman–Crippen MR) is 70.6 cm³/mol. The molecule has 0 bridgehead atoms. The second-order valence-corrected chi connectivity index (χ2v) is 4.39. The summed E-state index contributed by atoms with van der Waals surface area (Å²) in [5.41, 5.74) is 3.24. The van der Waals surface area contributed by atoms with Gasteiger partial charge in [0.2, 0.25) is 0 Å². The maximum Gasteiger partial charge on any atom is 0.171 e. The van der Waals surface area contributed by atoms with E-state index in [0.29, 0.717) is 22.8 Å². The van der Waals surface area contributed by atoms with Crippen LogP contribution in [0.4, 0.5) is 15.9 Å². The summed E-state index contributed by atoms with van der Waals surface area (Å²) in [5, 5.41) is 20.0. The summed E-state index contributed by atoms with van der Waals surface area (Å²) in [7, 11) is 0. The summed E-state index contributed by atoms with van der Waals surface area (Å²) < 4.78 is 13.3. The van der Waals surface area contributed by atoms with E-state index in [4.69, 9.17) is 0 Å². The number of nitrogens with one attached hydrogen (secondary N) is 1. The third-order valence-electron chi connectivity index (χ3n) is 2.87. The average molecular weight is 256 g/mol. The van der Waals surface area contributed by atoms with E-state index in [9.17, 15) is 9.65 Å². The number of aryl methyl sites for hydroxylation is 2. The fourth-order valence-electron chi connectivity index (χ4n) is 1.78. The average Bonchev–Trinajstić information content (AvgIpc) is 2.33. The van der Waals surface area contributed by atoms with Crippen molar-refractivity contribution in [1.82, 2.24) is 10.2 Å². The van der Waals surface area contributed by atoms with Gasteiger partial charge >= 0.3 is 0 Å². The minimum atomic E-state index is -0.335. The van der Waals surface area contributed by atoms with Crippen LogP contribution < -0.4 is 5.32 Å². The monoisotopic (exact) mass is 256 g/mol. The topological polar surface area (TPSA) is 61.6 Å². The van der Waals surface area contributed by atoms with Crippen LogP contribution in [0.5, 0.6) is 0 Å². The van der Waals surface area contributed by atoms with Crippen LogP contribution in [-0.2, 0) is 0 Å². The van der Waals surface area contributed by atoms with Gasteiger partial charge in [0.1, 0.15) is 17.4 Å². The first-order valence-electron chi connectivity index (χ1n) is 5.79. The van der Waals surface area contributed by atoms with Gasteiger partial charge in [-0.15, -0.1) is 5.10 Å². The van der Waals surface area contributed by atoms with Crippen LogP contribution in [-0.4, -0.2) is 10.2 Å². The Kier molecular flexibility index (Phi) is 3.43. The van der Waals surface area contributed by atoms with Crippen molar-refractivity contribution in [2.75, 3.05) is 5.32 Å². The highest BCUT2D eigenvalue weighted by molar-refractivity contribution is 5.64. The first kappa shape index (κ1) is 13.0. The van der Waals surface area contributed by atoms with E-state index in [-0.39, 0.29) is 5.82 Å². The second-order valence-electron chi connectivity index (χ2n) is 4.39. The Morgan fingerprint density at radius 1 is 1.16 bits per heavy atom. The molecule has 96 valence electrons. The van der Waals surface area contributed by atoms with Gasteiger partial charge < -0.3 is 5.32 Å². The first-order chi connectivity index (χ1) is 9.01. The molecule has 1 aromatic carbocycles. The summed E-state index contributed by atoms with van der Waals surface area (Å²) in [6.45, 7) is 5.40. The van der Waals surface area contributed by atoms with Gasteiger partial charge in [0, 0.05) is 5.69 Å². The molecule has 0 unspecified atom stereocenters. The Morgan fingerprint density at radius 3 is 2.53 bits per heavy atom. The highest BCUT2D eigenvalue weighted by atomic mass is 19.1. The lowest BCUT2D eigenvalue weighted by molar-refractivity contribution is 0.627. The van der Waals surface area contributed by atoms with E-state index in [2.05, 4.69) is 21.6 Å². The summed E-state index contributed by atoms with van der Waals surface area (Å²) in [6.07, 6.45) is 0. The van der Waals surface area contributed by atoms with Gasteiger partial charge in [0.15, 0.2) is 5.82 Å². The van der Waals surface area contributed by atoms with E-state index in [1.165, 1.54) is 12.1 Å². The van der Waals surface area contributed by atoms with Crippen LogP contribution >= 0.6 is 0 Å². The Bertz CT molecular complexity index is 654. The Morgan fingerprint density at radius 2 is 1.89 bits per heavy atom. The van der Waals surface area contributed by atoms with Crippen LogP contribution in [0.25, 0.3) is 0 Å². The first-order valence-corrected chi connectivity index (χ1v) is 5.79. The third kappa shape index (κ3) is 2.68. The summed E-state index contributed by atoms with van der Waals surface area (Å²) in [4.78, 5) is 0. The van der Waals surface area contributed by atoms with Gasteiger partial charge in [-0.3, -0.25) is 0 Å². The minimum absolute atomic E-state index is 0.335. The molecule has 0 aliphatic carbocycles. The Hall–Kier alpha value is -2.48. The molecule has 0 aliphatic heterocycles. The van der Waals surface area contributed by atoms with Crippen molar-refractivity contribution < 1.29 is 4.39 Å². The number of benzene rings is 1.